The number of carbonyl (C=O) groups excluding carboxylic acids is 2. The van der Waals surface area contributed by atoms with E-state index in [0.717, 1.165) is 12.0 Å². The second kappa shape index (κ2) is 9.46. The molecule has 0 fully saturated rings. The number of carbonyl (C=O) groups is 2. The zero-order chi connectivity index (χ0) is 18.9. The Hall–Kier alpha value is -3.02. The minimum Gasteiger partial charge on any atom is -0.496 e. The van der Waals surface area contributed by atoms with Crippen molar-refractivity contribution in [3.05, 3.63) is 64.7 Å². The Kier molecular flexibility index (Phi) is 7.02. The zero-order valence-electron chi connectivity index (χ0n) is 15.3. The average molecular weight is 356 g/mol. The summed E-state index contributed by atoms with van der Waals surface area (Å²) >= 11 is 0. The van der Waals surface area contributed by atoms with E-state index in [0.29, 0.717) is 24.4 Å². The maximum absolute atomic E-state index is 12.0. The van der Waals surface area contributed by atoms with Crippen LogP contribution in [0, 0.1) is 6.92 Å². The van der Waals surface area contributed by atoms with Crippen molar-refractivity contribution in [1.82, 2.24) is 10.6 Å². The maximum Gasteiger partial charge on any atom is 0.341 e. The number of rotatable bonds is 7. The molecule has 0 aliphatic carbocycles. The molecule has 2 amide bonds. The fourth-order valence-electron chi connectivity index (χ4n) is 2.58. The number of methoxy groups -OCH3 is 2. The molecule has 0 spiro atoms. The number of amides is 2. The first-order valence-corrected chi connectivity index (χ1v) is 8.36. The molecule has 0 aliphatic rings. The van der Waals surface area contributed by atoms with Crippen LogP contribution in [0.15, 0.2) is 42.5 Å². The lowest BCUT2D eigenvalue weighted by atomic mass is 10.1. The molecule has 0 aliphatic heterocycles. The fourth-order valence-corrected chi connectivity index (χ4v) is 2.58. The van der Waals surface area contributed by atoms with Crippen LogP contribution in [0.5, 0.6) is 5.75 Å². The minimum atomic E-state index is -0.480. The third kappa shape index (κ3) is 5.24. The minimum absolute atomic E-state index is 0.256. The predicted octanol–water partition coefficient (Wildman–Crippen LogP) is 2.83. The summed E-state index contributed by atoms with van der Waals surface area (Å²) in [5.41, 5.74) is 3.53. The molecular formula is C20H24N2O4. The largest absolute Gasteiger partial charge is 0.496 e. The van der Waals surface area contributed by atoms with Crippen LogP contribution in [0.25, 0.3) is 0 Å². The summed E-state index contributed by atoms with van der Waals surface area (Å²) in [7, 11) is 2.80. The number of hydrogen-bond acceptors (Lipinski definition) is 4. The second-order valence-corrected chi connectivity index (χ2v) is 5.81. The maximum atomic E-state index is 12.0. The topological polar surface area (TPSA) is 76.7 Å². The van der Waals surface area contributed by atoms with Gasteiger partial charge in [-0.25, -0.2) is 9.59 Å². The van der Waals surface area contributed by atoms with Crippen LogP contribution in [0.1, 0.15) is 27.0 Å². The lowest BCUT2D eigenvalue weighted by Gasteiger charge is -2.11. The van der Waals surface area contributed by atoms with Gasteiger partial charge in [-0.3, -0.25) is 0 Å². The molecule has 2 N–H and O–H groups in total. The van der Waals surface area contributed by atoms with Crippen LogP contribution in [0.2, 0.25) is 0 Å². The van der Waals surface area contributed by atoms with Crippen molar-refractivity contribution in [2.24, 2.45) is 0 Å². The number of hydrogen-bond donors (Lipinski definition) is 2. The molecule has 6 heteroatoms. The van der Waals surface area contributed by atoms with Crippen LogP contribution in [-0.2, 0) is 17.7 Å². The summed E-state index contributed by atoms with van der Waals surface area (Å²) in [4.78, 5) is 23.7. The summed E-state index contributed by atoms with van der Waals surface area (Å²) < 4.78 is 9.90. The highest BCUT2D eigenvalue weighted by Gasteiger charge is 2.13. The summed E-state index contributed by atoms with van der Waals surface area (Å²) in [6.45, 7) is 2.90. The van der Waals surface area contributed by atoms with Gasteiger partial charge in [-0.1, -0.05) is 30.3 Å². The van der Waals surface area contributed by atoms with Gasteiger partial charge in [0.05, 0.1) is 14.2 Å². The molecule has 26 heavy (non-hydrogen) atoms. The highest BCUT2D eigenvalue weighted by molar-refractivity contribution is 5.92. The van der Waals surface area contributed by atoms with Gasteiger partial charge < -0.3 is 20.1 Å². The van der Waals surface area contributed by atoms with E-state index < -0.39 is 5.97 Å². The van der Waals surface area contributed by atoms with Crippen LogP contribution in [0.3, 0.4) is 0 Å². The molecule has 2 aromatic rings. The normalized spacial score (nSPS) is 10.1. The highest BCUT2D eigenvalue weighted by Crippen LogP contribution is 2.20. The number of aryl methyl sites for hydroxylation is 1. The molecule has 2 aromatic carbocycles. The molecule has 0 heterocycles. The van der Waals surface area contributed by atoms with Crippen LogP contribution in [0.4, 0.5) is 4.79 Å². The van der Waals surface area contributed by atoms with E-state index in [2.05, 4.69) is 29.7 Å². The molecular weight excluding hydrogens is 332 g/mol. The van der Waals surface area contributed by atoms with Gasteiger partial charge in [-0.05, 0) is 42.2 Å². The third-order valence-corrected chi connectivity index (χ3v) is 4.06. The lowest BCUT2D eigenvalue weighted by molar-refractivity contribution is 0.0597. The van der Waals surface area contributed by atoms with E-state index in [9.17, 15) is 9.59 Å². The van der Waals surface area contributed by atoms with Gasteiger partial charge in [0, 0.05) is 13.1 Å². The first kappa shape index (κ1) is 19.3. The lowest BCUT2D eigenvalue weighted by Crippen LogP contribution is -2.36. The van der Waals surface area contributed by atoms with E-state index in [-0.39, 0.29) is 6.03 Å². The Morgan fingerprint density at radius 2 is 1.81 bits per heavy atom. The molecule has 0 aromatic heterocycles. The Bertz CT molecular complexity index is 774. The number of urea groups is 1. The summed E-state index contributed by atoms with van der Waals surface area (Å²) in [6, 6.07) is 13.0. The number of benzene rings is 2. The number of nitrogens with one attached hydrogen (secondary N) is 2. The average Bonchev–Trinajstić information content (AvgIpc) is 2.67. The molecule has 0 saturated carbocycles. The SMILES string of the molecule is COC(=O)c1cc(CNC(=O)NCCc2ccccc2C)ccc1OC. The van der Waals surface area contributed by atoms with Gasteiger partial charge in [-0.15, -0.1) is 0 Å². The number of ether oxygens (including phenoxy) is 2. The Morgan fingerprint density at radius 1 is 1.04 bits per heavy atom. The van der Waals surface area contributed by atoms with Gasteiger partial charge in [0.2, 0.25) is 0 Å². The zero-order valence-corrected chi connectivity index (χ0v) is 15.3. The standard InChI is InChI=1S/C20H24N2O4/c1-14-6-4-5-7-16(14)10-11-21-20(24)22-13-15-8-9-18(25-2)17(12-15)19(23)26-3/h4-9,12H,10-11,13H2,1-3H3,(H2,21,22,24). The van der Waals surface area contributed by atoms with Crippen molar-refractivity contribution in [2.75, 3.05) is 20.8 Å². The van der Waals surface area contributed by atoms with E-state index in [1.807, 2.05) is 12.1 Å². The monoisotopic (exact) mass is 356 g/mol. The first-order chi connectivity index (χ1) is 12.5. The molecule has 138 valence electrons. The predicted molar refractivity (Wildman–Crippen MR) is 99.5 cm³/mol. The van der Waals surface area contributed by atoms with Crippen molar-refractivity contribution >= 4 is 12.0 Å². The molecule has 6 nitrogen and oxygen atoms in total. The molecule has 2 rings (SSSR count). The van der Waals surface area contributed by atoms with Gasteiger partial charge in [0.15, 0.2) is 0 Å². The van der Waals surface area contributed by atoms with Crippen molar-refractivity contribution in [1.29, 1.82) is 0 Å². The fraction of sp³-hybridized carbons (Fsp3) is 0.300. The van der Waals surface area contributed by atoms with E-state index in [1.54, 1.807) is 18.2 Å². The Morgan fingerprint density at radius 3 is 2.50 bits per heavy atom. The molecule has 0 unspecified atom stereocenters. The van der Waals surface area contributed by atoms with E-state index >= 15 is 0 Å². The van der Waals surface area contributed by atoms with Crippen molar-refractivity contribution < 1.29 is 19.1 Å². The highest BCUT2D eigenvalue weighted by atomic mass is 16.5. The van der Waals surface area contributed by atoms with Crippen molar-refractivity contribution in [2.45, 2.75) is 19.9 Å². The summed E-state index contributed by atoms with van der Waals surface area (Å²) in [6.07, 6.45) is 0.773. The van der Waals surface area contributed by atoms with E-state index in [4.69, 9.17) is 9.47 Å². The second-order valence-electron chi connectivity index (χ2n) is 5.81. The van der Waals surface area contributed by atoms with E-state index in [1.165, 1.54) is 25.3 Å². The van der Waals surface area contributed by atoms with Crippen LogP contribution in [-0.4, -0.2) is 32.8 Å². The molecule has 0 saturated heterocycles. The smallest absolute Gasteiger partial charge is 0.341 e. The van der Waals surface area contributed by atoms with Gasteiger partial charge in [0.1, 0.15) is 11.3 Å². The third-order valence-electron chi connectivity index (χ3n) is 4.06. The van der Waals surface area contributed by atoms with Crippen LogP contribution >= 0.6 is 0 Å². The number of esters is 1. The first-order valence-electron chi connectivity index (χ1n) is 8.36. The summed E-state index contributed by atoms with van der Waals surface area (Å²) in [5.74, 6) is -0.0466. The van der Waals surface area contributed by atoms with Crippen LogP contribution < -0.4 is 15.4 Å². The molecule has 0 atom stereocenters. The van der Waals surface area contributed by atoms with Gasteiger partial charge >= 0.3 is 12.0 Å². The van der Waals surface area contributed by atoms with Gasteiger partial charge in [0.25, 0.3) is 0 Å². The molecule has 0 bridgehead atoms. The quantitative estimate of drug-likeness (QED) is 0.748. The Balaban J connectivity index is 1.85. The van der Waals surface area contributed by atoms with Crippen molar-refractivity contribution in [3.8, 4) is 5.75 Å². The summed E-state index contributed by atoms with van der Waals surface area (Å²) in [5, 5.41) is 5.61. The van der Waals surface area contributed by atoms with Crippen molar-refractivity contribution in [3.63, 3.8) is 0 Å². The Labute approximate surface area is 153 Å². The molecule has 0 radical (unpaired) electrons. The van der Waals surface area contributed by atoms with Gasteiger partial charge in [-0.2, -0.15) is 0 Å².